The number of nitrogens with zero attached hydrogens (tertiary/aromatic N) is 4. The molecule has 0 bridgehead atoms. The molecule has 1 aromatic rings. The number of hydrazone groups is 1. The molecule has 1 amide bonds. The summed E-state index contributed by atoms with van der Waals surface area (Å²) in [6.07, 6.45) is 0. The fourth-order valence-corrected chi connectivity index (χ4v) is 2.27. The van der Waals surface area contributed by atoms with Crippen molar-refractivity contribution in [2.75, 3.05) is 0 Å². The van der Waals surface area contributed by atoms with Gasteiger partial charge in [-0.1, -0.05) is 0 Å². The lowest BCUT2D eigenvalue weighted by Crippen LogP contribution is -2.37. The highest BCUT2D eigenvalue weighted by Crippen LogP contribution is 2.19. The van der Waals surface area contributed by atoms with Crippen LogP contribution in [0.25, 0.3) is 0 Å². The van der Waals surface area contributed by atoms with E-state index in [4.69, 9.17) is 10.3 Å². The quantitative estimate of drug-likeness (QED) is 0.475. The molecule has 1 aliphatic heterocycles. The Labute approximate surface area is 131 Å². The van der Waals surface area contributed by atoms with Gasteiger partial charge in [0.05, 0.1) is 16.3 Å². The summed E-state index contributed by atoms with van der Waals surface area (Å²) >= 11 is 4.69. The minimum atomic E-state index is -4.26. The minimum absolute atomic E-state index is 0.181. The van der Waals surface area contributed by atoms with Gasteiger partial charge in [-0.15, -0.1) is 0 Å². The molecule has 2 rings (SSSR count). The summed E-state index contributed by atoms with van der Waals surface area (Å²) in [5.41, 5.74) is 6.05. The molecule has 0 fully saturated rings. The molecule has 0 saturated carbocycles. The molecule has 116 valence electrons. The molecule has 3 N–H and O–H groups in total. The lowest BCUT2D eigenvalue weighted by molar-refractivity contribution is -0.126. The number of carbonyl (C=O) groups is 1. The van der Waals surface area contributed by atoms with Crippen molar-refractivity contribution < 1.29 is 17.8 Å². The Hall–Kier alpha value is -2.24. The van der Waals surface area contributed by atoms with E-state index in [1.165, 1.54) is 24.3 Å². The van der Waals surface area contributed by atoms with Crippen LogP contribution in [0.2, 0.25) is 0 Å². The molecule has 22 heavy (non-hydrogen) atoms. The summed E-state index contributed by atoms with van der Waals surface area (Å²) in [7, 11) is -4.26. The van der Waals surface area contributed by atoms with Gasteiger partial charge in [0.15, 0.2) is 11.2 Å². The van der Waals surface area contributed by atoms with E-state index in [1.807, 2.05) is 0 Å². The number of nitrogens with two attached hydrogens (primary N) is 1. The van der Waals surface area contributed by atoms with Crippen molar-refractivity contribution in [1.29, 1.82) is 0 Å². The lowest BCUT2D eigenvalue weighted by atomic mass is 10.2. The predicted molar refractivity (Wildman–Crippen MR) is 81.3 cm³/mol. The minimum Gasteiger partial charge on any atom is -0.374 e. The number of carbonyl (C=O) groups excluding carboxylic acids is 1. The highest BCUT2D eigenvalue weighted by Gasteiger charge is 2.35. The number of thiocarbonyl (C=S) groups is 1. The van der Waals surface area contributed by atoms with E-state index in [0.717, 1.165) is 5.01 Å². The van der Waals surface area contributed by atoms with Crippen LogP contribution >= 0.6 is 12.2 Å². The maximum absolute atomic E-state index is 11.9. The first kappa shape index (κ1) is 16.1. The van der Waals surface area contributed by atoms with Crippen LogP contribution in [0, 0.1) is 0 Å². The third-order valence-electron chi connectivity index (χ3n) is 2.73. The van der Waals surface area contributed by atoms with E-state index in [2.05, 4.69) is 27.5 Å². The molecule has 0 aliphatic carbocycles. The summed E-state index contributed by atoms with van der Waals surface area (Å²) in [5.74, 6) is -0.511. The number of azo groups is 1. The van der Waals surface area contributed by atoms with Crippen LogP contribution in [0.4, 0.5) is 5.69 Å². The molecule has 0 saturated heterocycles. The van der Waals surface area contributed by atoms with Crippen LogP contribution in [0.3, 0.4) is 0 Å². The number of benzene rings is 1. The van der Waals surface area contributed by atoms with Crippen molar-refractivity contribution in [2.45, 2.75) is 17.9 Å². The molecular formula is C11H11N5O4S2. The standard InChI is InChI=1S/C11H11N5O4S2/c1-6-9(10(17)16(15-6)11(12)21)14-13-7-2-4-8(5-3-7)22(18,19)20/h2-5,9H,1H3,(H2,12,21)(H,18,19,20). The first-order valence-electron chi connectivity index (χ1n) is 5.87. The molecule has 9 nitrogen and oxygen atoms in total. The van der Waals surface area contributed by atoms with Gasteiger partial charge in [0, 0.05) is 0 Å². The Morgan fingerprint density at radius 1 is 1.41 bits per heavy atom. The molecule has 11 heteroatoms. The van der Waals surface area contributed by atoms with Gasteiger partial charge in [0.25, 0.3) is 16.0 Å². The zero-order chi connectivity index (χ0) is 16.5. The molecule has 0 aromatic heterocycles. The van der Waals surface area contributed by atoms with E-state index >= 15 is 0 Å². The van der Waals surface area contributed by atoms with Gasteiger partial charge >= 0.3 is 0 Å². The van der Waals surface area contributed by atoms with E-state index < -0.39 is 22.1 Å². The van der Waals surface area contributed by atoms with E-state index in [-0.39, 0.29) is 10.0 Å². The number of rotatable bonds is 3. The SMILES string of the molecule is CC1=NN(C(N)=S)C(=O)C1N=Nc1ccc(S(=O)(=O)O)cc1. The molecular weight excluding hydrogens is 330 g/mol. The molecule has 1 aliphatic rings. The van der Waals surface area contributed by atoms with Gasteiger partial charge in [-0.3, -0.25) is 9.35 Å². The van der Waals surface area contributed by atoms with E-state index in [0.29, 0.717) is 11.4 Å². The van der Waals surface area contributed by atoms with Gasteiger partial charge in [-0.2, -0.15) is 28.8 Å². The fourth-order valence-electron chi connectivity index (χ4n) is 1.66. The summed E-state index contributed by atoms with van der Waals surface area (Å²) < 4.78 is 30.7. The second-order valence-electron chi connectivity index (χ2n) is 4.32. The van der Waals surface area contributed by atoms with Gasteiger partial charge in [-0.25, -0.2) is 0 Å². The second-order valence-corrected chi connectivity index (χ2v) is 6.16. The van der Waals surface area contributed by atoms with Crippen LogP contribution in [-0.4, -0.2) is 40.8 Å². The summed E-state index contributed by atoms with van der Waals surface area (Å²) in [4.78, 5) is 11.7. The van der Waals surface area contributed by atoms with Crippen LogP contribution in [0.1, 0.15) is 6.92 Å². The molecule has 0 radical (unpaired) electrons. The van der Waals surface area contributed by atoms with Crippen molar-refractivity contribution in [3.05, 3.63) is 24.3 Å². The first-order chi connectivity index (χ1) is 10.2. The Balaban J connectivity index is 2.18. The zero-order valence-electron chi connectivity index (χ0n) is 11.2. The van der Waals surface area contributed by atoms with Crippen molar-refractivity contribution >= 4 is 44.8 Å². The van der Waals surface area contributed by atoms with Crippen LogP contribution < -0.4 is 5.73 Å². The Bertz CT molecular complexity index is 785. The average molecular weight is 341 g/mol. The Morgan fingerprint density at radius 3 is 2.45 bits per heavy atom. The average Bonchev–Trinajstić information content (AvgIpc) is 2.71. The highest BCUT2D eigenvalue weighted by atomic mass is 32.2. The maximum atomic E-state index is 11.9. The second kappa shape index (κ2) is 5.87. The zero-order valence-corrected chi connectivity index (χ0v) is 12.9. The fraction of sp³-hybridized carbons (Fsp3) is 0.182. The van der Waals surface area contributed by atoms with Gasteiger partial charge in [0.1, 0.15) is 0 Å². The highest BCUT2D eigenvalue weighted by molar-refractivity contribution is 7.85. The summed E-state index contributed by atoms with van der Waals surface area (Å²) in [6, 6.07) is 4.08. The van der Waals surface area contributed by atoms with Gasteiger partial charge in [0.2, 0.25) is 0 Å². The normalized spacial score (nSPS) is 18.8. The maximum Gasteiger partial charge on any atom is 0.294 e. The Morgan fingerprint density at radius 2 is 2.00 bits per heavy atom. The topological polar surface area (TPSA) is 138 Å². The van der Waals surface area contributed by atoms with Gasteiger partial charge < -0.3 is 5.73 Å². The molecule has 1 heterocycles. The number of hydrogen-bond donors (Lipinski definition) is 2. The third-order valence-corrected chi connectivity index (χ3v) is 3.77. The lowest BCUT2D eigenvalue weighted by Gasteiger charge is -2.08. The van der Waals surface area contributed by atoms with Crippen molar-refractivity contribution in [3.63, 3.8) is 0 Å². The Kier molecular flexibility index (Phi) is 4.30. The molecule has 1 atom stereocenters. The predicted octanol–water partition coefficient (Wildman–Crippen LogP) is 0.847. The first-order valence-corrected chi connectivity index (χ1v) is 7.72. The summed E-state index contributed by atoms with van der Waals surface area (Å²) in [5, 5.41) is 12.3. The van der Waals surface area contributed by atoms with Crippen molar-refractivity contribution in [3.8, 4) is 0 Å². The number of hydrogen-bond acceptors (Lipinski definition) is 7. The molecule has 1 aromatic carbocycles. The van der Waals surface area contributed by atoms with Gasteiger partial charge in [-0.05, 0) is 43.4 Å². The third kappa shape index (κ3) is 3.32. The van der Waals surface area contributed by atoms with Crippen molar-refractivity contribution in [1.82, 2.24) is 5.01 Å². The number of amides is 1. The summed E-state index contributed by atoms with van der Waals surface area (Å²) in [6.45, 7) is 1.58. The smallest absolute Gasteiger partial charge is 0.294 e. The molecule has 1 unspecified atom stereocenters. The van der Waals surface area contributed by atoms with E-state index in [1.54, 1.807) is 6.92 Å². The largest absolute Gasteiger partial charge is 0.374 e. The van der Waals surface area contributed by atoms with Crippen LogP contribution in [0.5, 0.6) is 0 Å². The molecule has 0 spiro atoms. The van der Waals surface area contributed by atoms with Crippen LogP contribution in [0.15, 0.2) is 44.5 Å². The monoisotopic (exact) mass is 341 g/mol. The van der Waals surface area contributed by atoms with Crippen LogP contribution in [-0.2, 0) is 14.9 Å². The van der Waals surface area contributed by atoms with E-state index in [9.17, 15) is 13.2 Å². The van der Waals surface area contributed by atoms with Crippen molar-refractivity contribution in [2.24, 2.45) is 21.1 Å².